The van der Waals surface area contributed by atoms with Crippen LogP contribution in [0.1, 0.15) is 25.7 Å². The quantitative estimate of drug-likeness (QED) is 0.542. The Bertz CT molecular complexity index is 365. The monoisotopic (exact) mass is 290 g/mol. The van der Waals surface area contributed by atoms with E-state index >= 15 is 0 Å². The van der Waals surface area contributed by atoms with Crippen molar-refractivity contribution in [1.29, 1.82) is 0 Å². The van der Waals surface area contributed by atoms with Crippen LogP contribution in [0.2, 0.25) is 0 Å². The van der Waals surface area contributed by atoms with Crippen LogP contribution in [0.5, 0.6) is 0 Å². The van der Waals surface area contributed by atoms with Crippen LogP contribution >= 0.6 is 11.8 Å². The molecule has 0 aromatic heterocycles. The van der Waals surface area contributed by atoms with Crippen molar-refractivity contribution in [1.82, 2.24) is 10.6 Å². The van der Waals surface area contributed by atoms with Crippen LogP contribution in [0.15, 0.2) is 0 Å². The molecule has 8 heteroatoms. The fourth-order valence-electron chi connectivity index (χ4n) is 1.85. The Hall–Kier alpha value is -1.44. The third-order valence-corrected chi connectivity index (χ3v) is 4.67. The molecule has 0 bridgehead atoms. The Labute approximate surface area is 115 Å². The first-order valence-electron chi connectivity index (χ1n) is 5.93. The van der Waals surface area contributed by atoms with E-state index in [4.69, 9.17) is 10.2 Å². The summed E-state index contributed by atoms with van der Waals surface area (Å²) in [4.78, 5) is 32.8. The van der Waals surface area contributed by atoms with Crippen LogP contribution in [0.3, 0.4) is 0 Å². The molecule has 4 N–H and O–H groups in total. The topological polar surface area (TPSA) is 116 Å². The molecule has 0 aromatic rings. The van der Waals surface area contributed by atoms with E-state index in [1.807, 2.05) is 6.26 Å². The van der Waals surface area contributed by atoms with Gasteiger partial charge in [0, 0.05) is 11.3 Å². The van der Waals surface area contributed by atoms with Gasteiger partial charge in [-0.25, -0.2) is 9.59 Å². The molecule has 1 rings (SSSR count). The molecule has 1 aliphatic rings. The minimum absolute atomic E-state index is 0.0445. The van der Waals surface area contributed by atoms with Gasteiger partial charge in [0.25, 0.3) is 0 Å². The summed E-state index contributed by atoms with van der Waals surface area (Å²) in [6.45, 7) is 0.458. The van der Waals surface area contributed by atoms with Crippen molar-refractivity contribution in [2.24, 2.45) is 0 Å². The third kappa shape index (κ3) is 4.62. The summed E-state index contributed by atoms with van der Waals surface area (Å²) < 4.78 is 0.0445. The minimum atomic E-state index is -1.41. The van der Waals surface area contributed by atoms with Gasteiger partial charge < -0.3 is 20.8 Å². The lowest BCUT2D eigenvalue weighted by molar-refractivity contribution is -0.145. The largest absolute Gasteiger partial charge is 0.481 e. The molecule has 1 saturated carbocycles. The average Bonchev–Trinajstić information content (AvgIpc) is 2.26. The second kappa shape index (κ2) is 6.65. The van der Waals surface area contributed by atoms with E-state index in [1.165, 1.54) is 0 Å². The summed E-state index contributed by atoms with van der Waals surface area (Å²) in [5, 5.41) is 22.1. The van der Waals surface area contributed by atoms with Crippen molar-refractivity contribution in [3.05, 3.63) is 0 Å². The smallest absolute Gasteiger partial charge is 0.326 e. The summed E-state index contributed by atoms with van der Waals surface area (Å²) in [7, 11) is 0. The zero-order chi connectivity index (χ0) is 14.5. The predicted octanol–water partition coefficient (Wildman–Crippen LogP) is 0.499. The number of carbonyl (C=O) groups excluding carboxylic acids is 1. The zero-order valence-electron chi connectivity index (χ0n) is 10.6. The number of amides is 2. The normalized spacial score (nSPS) is 17.9. The lowest BCUT2D eigenvalue weighted by Gasteiger charge is -2.40. The van der Waals surface area contributed by atoms with E-state index in [9.17, 15) is 14.4 Å². The summed E-state index contributed by atoms with van der Waals surface area (Å²) in [6, 6.07) is -2.06. The third-order valence-electron chi connectivity index (χ3n) is 3.25. The molecule has 1 fully saturated rings. The molecule has 2 amide bonds. The molecule has 0 saturated heterocycles. The lowest BCUT2D eigenvalue weighted by atomic mass is 9.84. The van der Waals surface area contributed by atoms with Crippen LogP contribution in [0.4, 0.5) is 4.79 Å². The van der Waals surface area contributed by atoms with Crippen molar-refractivity contribution in [2.75, 3.05) is 12.8 Å². The first kappa shape index (κ1) is 15.6. The summed E-state index contributed by atoms with van der Waals surface area (Å²) in [6.07, 6.45) is 4.50. The highest BCUT2D eigenvalue weighted by molar-refractivity contribution is 8.00. The standard InChI is InChI=1S/C11H18N2O5S/c1-19-11(3-2-4-11)6-12-10(18)13-7(9(16)17)5-8(14)15/h7H,2-6H2,1H3,(H,14,15)(H,16,17)(H2,12,13,18)/t7-/m0/s1. The van der Waals surface area contributed by atoms with E-state index in [0.29, 0.717) is 6.54 Å². The highest BCUT2D eigenvalue weighted by Gasteiger charge is 2.36. The minimum Gasteiger partial charge on any atom is -0.481 e. The van der Waals surface area contributed by atoms with Gasteiger partial charge in [-0.15, -0.1) is 0 Å². The first-order valence-corrected chi connectivity index (χ1v) is 7.15. The molecule has 0 aromatic carbocycles. The number of carbonyl (C=O) groups is 3. The van der Waals surface area contributed by atoms with E-state index in [1.54, 1.807) is 11.8 Å². The second-order valence-corrected chi connectivity index (χ2v) is 5.83. The van der Waals surface area contributed by atoms with Crippen LogP contribution in [0, 0.1) is 0 Å². The number of nitrogens with one attached hydrogen (secondary N) is 2. The molecular formula is C11H18N2O5S. The van der Waals surface area contributed by atoms with Gasteiger partial charge in [-0.3, -0.25) is 4.79 Å². The molecule has 0 radical (unpaired) electrons. The zero-order valence-corrected chi connectivity index (χ0v) is 11.5. The van der Waals surface area contributed by atoms with Crippen LogP contribution in [-0.2, 0) is 9.59 Å². The van der Waals surface area contributed by atoms with E-state index < -0.39 is 30.4 Å². The van der Waals surface area contributed by atoms with E-state index in [0.717, 1.165) is 19.3 Å². The molecule has 0 spiro atoms. The number of urea groups is 1. The summed E-state index contributed by atoms with van der Waals surface area (Å²) in [5.41, 5.74) is 0. The van der Waals surface area contributed by atoms with E-state index in [-0.39, 0.29) is 4.75 Å². The highest BCUT2D eigenvalue weighted by atomic mass is 32.2. The fraction of sp³-hybridized carbons (Fsp3) is 0.727. The molecule has 0 aliphatic heterocycles. The van der Waals surface area contributed by atoms with Gasteiger partial charge in [0.05, 0.1) is 6.42 Å². The maximum absolute atomic E-state index is 11.6. The van der Waals surface area contributed by atoms with Gasteiger partial charge in [0.15, 0.2) is 0 Å². The van der Waals surface area contributed by atoms with E-state index in [2.05, 4.69) is 10.6 Å². The summed E-state index contributed by atoms with van der Waals surface area (Å²) in [5.74, 6) is -2.63. The van der Waals surface area contributed by atoms with Crippen molar-refractivity contribution in [2.45, 2.75) is 36.5 Å². The van der Waals surface area contributed by atoms with Crippen molar-refractivity contribution in [3.8, 4) is 0 Å². The van der Waals surface area contributed by atoms with Gasteiger partial charge in [-0.2, -0.15) is 11.8 Å². The molecular weight excluding hydrogens is 272 g/mol. The van der Waals surface area contributed by atoms with Gasteiger partial charge in [-0.1, -0.05) is 6.42 Å². The second-order valence-electron chi connectivity index (χ2n) is 4.56. The van der Waals surface area contributed by atoms with Crippen molar-refractivity contribution in [3.63, 3.8) is 0 Å². The number of rotatable bonds is 7. The molecule has 7 nitrogen and oxygen atoms in total. The molecule has 0 heterocycles. The SMILES string of the molecule is CSC1(CNC(=O)N[C@@H](CC(=O)O)C(=O)O)CCC1. The van der Waals surface area contributed by atoms with Crippen LogP contribution < -0.4 is 10.6 Å². The molecule has 1 aliphatic carbocycles. The van der Waals surface area contributed by atoms with Gasteiger partial charge >= 0.3 is 18.0 Å². The van der Waals surface area contributed by atoms with Gasteiger partial charge in [-0.05, 0) is 19.1 Å². The van der Waals surface area contributed by atoms with Crippen LogP contribution in [0.25, 0.3) is 0 Å². The fourth-order valence-corrected chi connectivity index (χ4v) is 2.76. The highest BCUT2D eigenvalue weighted by Crippen LogP contribution is 2.42. The molecule has 108 valence electrons. The number of thioether (sulfide) groups is 1. The maximum Gasteiger partial charge on any atom is 0.326 e. The summed E-state index contributed by atoms with van der Waals surface area (Å²) >= 11 is 1.68. The average molecular weight is 290 g/mol. The molecule has 19 heavy (non-hydrogen) atoms. The number of carboxylic acids is 2. The first-order chi connectivity index (χ1) is 8.88. The molecule has 0 unspecified atom stereocenters. The number of hydrogen-bond acceptors (Lipinski definition) is 4. The van der Waals surface area contributed by atoms with Crippen molar-refractivity contribution >= 4 is 29.7 Å². The Balaban J connectivity index is 2.40. The molecule has 1 atom stereocenters. The Morgan fingerprint density at radius 1 is 1.32 bits per heavy atom. The van der Waals surface area contributed by atoms with Crippen molar-refractivity contribution < 1.29 is 24.6 Å². The lowest BCUT2D eigenvalue weighted by Crippen LogP contribution is -2.51. The predicted molar refractivity (Wildman–Crippen MR) is 70.3 cm³/mol. The van der Waals surface area contributed by atoms with Crippen LogP contribution in [-0.4, -0.2) is 51.8 Å². The number of carboxylic acid groups (broad SMARTS) is 2. The van der Waals surface area contributed by atoms with Gasteiger partial charge in [0.2, 0.25) is 0 Å². The number of hydrogen-bond donors (Lipinski definition) is 4. The van der Waals surface area contributed by atoms with Gasteiger partial charge in [0.1, 0.15) is 6.04 Å². The Morgan fingerprint density at radius 3 is 2.32 bits per heavy atom. The Morgan fingerprint density at radius 2 is 1.95 bits per heavy atom. The maximum atomic E-state index is 11.6. The number of aliphatic carboxylic acids is 2. The Kier molecular flexibility index (Phi) is 5.46.